The Labute approximate surface area is 84.8 Å². The van der Waals surface area contributed by atoms with Gasteiger partial charge in [-0.15, -0.1) is 6.58 Å². The zero-order valence-electron chi connectivity index (χ0n) is 8.66. The molecular weight excluding hydrogens is 180 g/mol. The molecule has 0 aliphatic heterocycles. The summed E-state index contributed by atoms with van der Waals surface area (Å²) in [6.45, 7) is 5.36. The highest BCUT2D eigenvalue weighted by atomic mass is 16.4. The molecule has 0 saturated heterocycles. The van der Waals surface area contributed by atoms with Crippen LogP contribution in [0.2, 0.25) is 0 Å². The van der Waals surface area contributed by atoms with Gasteiger partial charge in [0.25, 0.3) is 0 Å². The van der Waals surface area contributed by atoms with Crippen molar-refractivity contribution in [2.45, 2.75) is 39.0 Å². The summed E-state index contributed by atoms with van der Waals surface area (Å²) >= 11 is 0. The lowest BCUT2D eigenvalue weighted by atomic mass is 9.98. The van der Waals surface area contributed by atoms with E-state index in [1.165, 1.54) is 0 Å². The molecule has 0 fully saturated rings. The Morgan fingerprint density at radius 2 is 2.07 bits per heavy atom. The van der Waals surface area contributed by atoms with Gasteiger partial charge in [-0.05, 0) is 18.8 Å². The zero-order valence-corrected chi connectivity index (χ0v) is 8.66. The van der Waals surface area contributed by atoms with Crippen LogP contribution in [0.4, 0.5) is 0 Å². The van der Waals surface area contributed by atoms with E-state index in [0.29, 0.717) is 12.8 Å². The monoisotopic (exact) mass is 198 g/mol. The summed E-state index contributed by atoms with van der Waals surface area (Å²) in [4.78, 5) is 21.6. The third-order valence-electron chi connectivity index (χ3n) is 1.96. The van der Waals surface area contributed by atoms with Crippen LogP contribution in [0.1, 0.15) is 39.0 Å². The van der Waals surface area contributed by atoms with Gasteiger partial charge >= 0.3 is 5.97 Å². The smallest absolute Gasteiger partial charge is 0.303 e. The number of aliphatic carboxylic acids is 1. The van der Waals surface area contributed by atoms with Crippen LogP contribution in [0, 0.1) is 5.92 Å². The van der Waals surface area contributed by atoms with Gasteiger partial charge in [-0.3, -0.25) is 9.59 Å². The van der Waals surface area contributed by atoms with Crippen LogP contribution < -0.4 is 0 Å². The van der Waals surface area contributed by atoms with Crippen LogP contribution in [-0.4, -0.2) is 16.9 Å². The summed E-state index contributed by atoms with van der Waals surface area (Å²) < 4.78 is 0. The largest absolute Gasteiger partial charge is 0.481 e. The Morgan fingerprint density at radius 1 is 1.43 bits per heavy atom. The van der Waals surface area contributed by atoms with Crippen molar-refractivity contribution in [3.05, 3.63) is 12.7 Å². The minimum Gasteiger partial charge on any atom is -0.481 e. The van der Waals surface area contributed by atoms with Crippen molar-refractivity contribution in [3.63, 3.8) is 0 Å². The molecule has 1 unspecified atom stereocenters. The first kappa shape index (κ1) is 12.9. The van der Waals surface area contributed by atoms with E-state index >= 15 is 0 Å². The van der Waals surface area contributed by atoms with Gasteiger partial charge in [0.2, 0.25) is 0 Å². The van der Waals surface area contributed by atoms with Gasteiger partial charge in [-0.2, -0.15) is 0 Å². The lowest BCUT2D eigenvalue weighted by Gasteiger charge is -2.06. The maximum absolute atomic E-state index is 11.3. The van der Waals surface area contributed by atoms with E-state index in [1.54, 1.807) is 13.0 Å². The van der Waals surface area contributed by atoms with E-state index < -0.39 is 5.97 Å². The number of rotatable bonds is 8. The molecule has 0 amide bonds. The number of hydrogen-bond donors (Lipinski definition) is 1. The van der Waals surface area contributed by atoms with Crippen LogP contribution in [0.15, 0.2) is 12.7 Å². The summed E-state index contributed by atoms with van der Waals surface area (Å²) in [5.74, 6) is -0.735. The van der Waals surface area contributed by atoms with Gasteiger partial charge in [-0.25, -0.2) is 0 Å². The third-order valence-corrected chi connectivity index (χ3v) is 1.96. The normalized spacial score (nSPS) is 12.1. The minimum absolute atomic E-state index is 0.0521. The number of carbonyl (C=O) groups is 2. The lowest BCUT2D eigenvalue weighted by Crippen LogP contribution is -2.09. The predicted molar refractivity (Wildman–Crippen MR) is 55.1 cm³/mol. The van der Waals surface area contributed by atoms with Gasteiger partial charge in [-0.1, -0.05) is 13.0 Å². The molecule has 0 saturated carbocycles. The van der Waals surface area contributed by atoms with Gasteiger partial charge < -0.3 is 5.11 Å². The van der Waals surface area contributed by atoms with Crippen molar-refractivity contribution in [1.29, 1.82) is 0 Å². The fraction of sp³-hybridized carbons (Fsp3) is 0.636. The van der Waals surface area contributed by atoms with Crippen molar-refractivity contribution < 1.29 is 14.7 Å². The molecule has 80 valence electrons. The molecule has 0 bridgehead atoms. The molecule has 3 nitrogen and oxygen atoms in total. The molecule has 0 heterocycles. The molecule has 0 aliphatic rings. The molecule has 0 aromatic rings. The second-order valence-corrected chi connectivity index (χ2v) is 3.63. The number of hydrogen-bond acceptors (Lipinski definition) is 2. The Hall–Kier alpha value is -1.12. The number of Topliss-reactive ketones (excluding diaryl/α,β-unsaturated/α-hetero) is 1. The first-order valence-electron chi connectivity index (χ1n) is 4.90. The van der Waals surface area contributed by atoms with Crippen LogP contribution >= 0.6 is 0 Å². The molecule has 0 spiro atoms. The van der Waals surface area contributed by atoms with Crippen LogP contribution in [0.5, 0.6) is 0 Å². The second kappa shape index (κ2) is 7.30. The van der Waals surface area contributed by atoms with Crippen molar-refractivity contribution in [1.82, 2.24) is 0 Å². The zero-order chi connectivity index (χ0) is 11.0. The Balaban J connectivity index is 3.60. The van der Waals surface area contributed by atoms with Crippen LogP contribution in [0.25, 0.3) is 0 Å². The number of carbonyl (C=O) groups excluding carboxylic acids is 1. The van der Waals surface area contributed by atoms with E-state index in [9.17, 15) is 9.59 Å². The third kappa shape index (κ3) is 7.53. The van der Waals surface area contributed by atoms with E-state index in [1.807, 2.05) is 0 Å². The van der Waals surface area contributed by atoms with E-state index in [4.69, 9.17) is 5.11 Å². The number of allylic oxidation sites excluding steroid dienone is 1. The minimum atomic E-state index is -0.837. The Bertz CT molecular complexity index is 209. The highest BCUT2D eigenvalue weighted by Gasteiger charge is 2.11. The summed E-state index contributed by atoms with van der Waals surface area (Å²) in [5.41, 5.74) is 0. The van der Waals surface area contributed by atoms with E-state index in [-0.39, 0.29) is 18.1 Å². The first-order valence-corrected chi connectivity index (χ1v) is 4.90. The van der Waals surface area contributed by atoms with Crippen molar-refractivity contribution in [2.75, 3.05) is 0 Å². The average molecular weight is 198 g/mol. The number of carboxylic acid groups (broad SMARTS) is 1. The fourth-order valence-corrected chi connectivity index (χ4v) is 1.30. The molecule has 0 aromatic heterocycles. The maximum atomic E-state index is 11.3. The number of carboxylic acids is 1. The molecule has 3 heteroatoms. The number of ketones is 1. The second-order valence-electron chi connectivity index (χ2n) is 3.63. The molecule has 1 atom stereocenters. The molecular formula is C11H18O3. The highest BCUT2D eigenvalue weighted by Crippen LogP contribution is 2.10. The molecule has 0 aliphatic carbocycles. The molecule has 0 radical (unpaired) electrons. The molecule has 0 rings (SSSR count). The van der Waals surface area contributed by atoms with Crippen molar-refractivity contribution in [3.8, 4) is 0 Å². The standard InChI is InChI=1S/C11H18O3/c1-3-4-5-6-10(12)7-9(2)8-11(13)14/h3,9H,1,4-8H2,2H3,(H,13,14). The van der Waals surface area contributed by atoms with Crippen molar-refractivity contribution in [2.24, 2.45) is 5.92 Å². The fourth-order valence-electron chi connectivity index (χ4n) is 1.30. The van der Waals surface area contributed by atoms with Gasteiger partial charge in [0.15, 0.2) is 0 Å². The van der Waals surface area contributed by atoms with E-state index in [2.05, 4.69) is 6.58 Å². The van der Waals surface area contributed by atoms with Crippen LogP contribution in [-0.2, 0) is 9.59 Å². The van der Waals surface area contributed by atoms with Gasteiger partial charge in [0, 0.05) is 19.3 Å². The average Bonchev–Trinajstić information content (AvgIpc) is 2.02. The summed E-state index contributed by atoms with van der Waals surface area (Å²) in [6, 6.07) is 0. The van der Waals surface area contributed by atoms with Crippen molar-refractivity contribution >= 4 is 11.8 Å². The topological polar surface area (TPSA) is 54.4 Å². The maximum Gasteiger partial charge on any atom is 0.303 e. The Morgan fingerprint density at radius 3 is 2.57 bits per heavy atom. The molecule has 14 heavy (non-hydrogen) atoms. The Kier molecular flexibility index (Phi) is 6.72. The van der Waals surface area contributed by atoms with Gasteiger partial charge in [0.1, 0.15) is 5.78 Å². The highest BCUT2D eigenvalue weighted by molar-refractivity contribution is 5.79. The van der Waals surface area contributed by atoms with Crippen LogP contribution in [0.3, 0.4) is 0 Å². The summed E-state index contributed by atoms with van der Waals surface area (Å²) in [5, 5.41) is 8.49. The predicted octanol–water partition coefficient (Wildman–Crippen LogP) is 2.41. The van der Waals surface area contributed by atoms with Gasteiger partial charge in [0.05, 0.1) is 0 Å². The quantitative estimate of drug-likeness (QED) is 0.481. The van der Waals surface area contributed by atoms with E-state index in [0.717, 1.165) is 12.8 Å². The lowest BCUT2D eigenvalue weighted by molar-refractivity contribution is -0.138. The molecule has 0 aromatic carbocycles. The first-order chi connectivity index (χ1) is 6.56. The summed E-state index contributed by atoms with van der Waals surface area (Å²) in [7, 11) is 0. The summed E-state index contributed by atoms with van der Waals surface area (Å²) in [6.07, 6.45) is 4.45. The number of unbranched alkanes of at least 4 members (excludes halogenated alkanes) is 1. The molecule has 1 N–H and O–H groups in total. The SMILES string of the molecule is C=CCCCC(=O)CC(C)CC(=O)O.